The highest BCUT2D eigenvalue weighted by atomic mass is 32.2. The van der Waals surface area contributed by atoms with Crippen LogP contribution in [0.25, 0.3) is 0 Å². The Morgan fingerprint density at radius 2 is 1.90 bits per heavy atom. The minimum absolute atomic E-state index is 0.0152. The third-order valence-electron chi connectivity index (χ3n) is 4.42. The zero-order valence-corrected chi connectivity index (χ0v) is 11.9. The zero-order chi connectivity index (χ0) is 14.3. The number of carbonyl (C=O) groups is 1. The lowest BCUT2D eigenvalue weighted by Gasteiger charge is -2.26. The van der Waals surface area contributed by atoms with Gasteiger partial charge in [0.15, 0.2) is 5.12 Å². The minimum Gasteiger partial charge on any atom is -0.287 e. The lowest BCUT2D eigenvalue weighted by molar-refractivity contribution is -0.384. The van der Waals surface area contributed by atoms with Crippen molar-refractivity contribution in [3.05, 3.63) is 52.1 Å². The van der Waals surface area contributed by atoms with E-state index in [2.05, 4.69) is 12.2 Å². The van der Waals surface area contributed by atoms with Crippen LogP contribution in [0, 0.1) is 27.9 Å². The fourth-order valence-electron chi connectivity index (χ4n) is 3.55. The lowest BCUT2D eigenvalue weighted by Crippen LogP contribution is -2.24. The summed E-state index contributed by atoms with van der Waals surface area (Å²) in [5.41, 5.74) is 1.14. The Morgan fingerprint density at radius 3 is 2.50 bits per heavy atom. The molecule has 0 spiro atoms. The highest BCUT2D eigenvalue weighted by molar-refractivity contribution is 8.13. The van der Waals surface area contributed by atoms with E-state index in [1.807, 2.05) is 6.26 Å². The van der Waals surface area contributed by atoms with Gasteiger partial charge in [-0.3, -0.25) is 14.9 Å². The van der Waals surface area contributed by atoms with E-state index in [9.17, 15) is 14.9 Å². The number of thioether (sulfide) groups is 1. The molecule has 0 aliphatic heterocycles. The molecule has 0 heterocycles. The minimum atomic E-state index is -0.394. The molecule has 0 N–H and O–H groups in total. The Balaban J connectivity index is 1.93. The molecule has 0 radical (unpaired) electrons. The van der Waals surface area contributed by atoms with Gasteiger partial charge >= 0.3 is 0 Å². The van der Waals surface area contributed by atoms with E-state index in [0.29, 0.717) is 11.8 Å². The first kappa shape index (κ1) is 13.4. The van der Waals surface area contributed by atoms with Crippen molar-refractivity contribution in [2.45, 2.75) is 12.3 Å². The first-order chi connectivity index (χ1) is 9.61. The summed E-state index contributed by atoms with van der Waals surface area (Å²) in [4.78, 5) is 22.5. The molecule has 0 aromatic heterocycles. The van der Waals surface area contributed by atoms with Crippen LogP contribution in [-0.2, 0) is 4.79 Å². The van der Waals surface area contributed by atoms with E-state index in [1.165, 1.54) is 23.9 Å². The average Bonchev–Trinajstić information content (AvgIpc) is 3.07. The molecule has 1 saturated carbocycles. The molecule has 5 heteroatoms. The van der Waals surface area contributed by atoms with Gasteiger partial charge in [-0.05, 0) is 30.1 Å². The third kappa shape index (κ3) is 2.06. The number of rotatable bonds is 3. The van der Waals surface area contributed by atoms with Crippen LogP contribution >= 0.6 is 11.8 Å². The zero-order valence-electron chi connectivity index (χ0n) is 11.1. The molecule has 0 saturated heterocycles. The van der Waals surface area contributed by atoms with Gasteiger partial charge in [-0.25, -0.2) is 0 Å². The molecule has 1 fully saturated rings. The summed E-state index contributed by atoms with van der Waals surface area (Å²) in [5, 5.41) is 10.9. The summed E-state index contributed by atoms with van der Waals surface area (Å²) in [6.07, 6.45) is 7.20. The van der Waals surface area contributed by atoms with Crippen molar-refractivity contribution in [1.82, 2.24) is 0 Å². The molecule has 4 nitrogen and oxygen atoms in total. The van der Waals surface area contributed by atoms with Crippen molar-refractivity contribution in [1.29, 1.82) is 0 Å². The molecular formula is C15H15NO3S. The molecule has 0 unspecified atom stereocenters. The number of hydrogen-bond acceptors (Lipinski definition) is 4. The van der Waals surface area contributed by atoms with Crippen molar-refractivity contribution in [3.8, 4) is 0 Å². The fourth-order valence-corrected chi connectivity index (χ4v) is 4.15. The van der Waals surface area contributed by atoms with Crippen molar-refractivity contribution in [2.75, 3.05) is 6.26 Å². The normalized spacial score (nSPS) is 30.6. The van der Waals surface area contributed by atoms with E-state index in [1.54, 1.807) is 12.1 Å². The summed E-state index contributed by atoms with van der Waals surface area (Å²) < 4.78 is 0. The highest BCUT2D eigenvalue weighted by Crippen LogP contribution is 2.54. The number of carbonyl (C=O) groups excluding carboxylic acids is 1. The van der Waals surface area contributed by atoms with Gasteiger partial charge in [0.25, 0.3) is 5.69 Å². The maximum atomic E-state index is 12.2. The summed E-state index contributed by atoms with van der Waals surface area (Å²) in [6, 6.07) is 6.67. The molecule has 20 heavy (non-hydrogen) atoms. The van der Waals surface area contributed by atoms with Gasteiger partial charge in [0, 0.05) is 24.0 Å². The smallest absolute Gasteiger partial charge is 0.269 e. The number of benzene rings is 1. The van der Waals surface area contributed by atoms with Crippen molar-refractivity contribution >= 4 is 22.6 Å². The van der Waals surface area contributed by atoms with Gasteiger partial charge < -0.3 is 0 Å². The molecule has 2 aliphatic carbocycles. The van der Waals surface area contributed by atoms with E-state index < -0.39 is 4.92 Å². The molecule has 2 bridgehead atoms. The summed E-state index contributed by atoms with van der Waals surface area (Å²) in [6.45, 7) is 0. The van der Waals surface area contributed by atoms with E-state index in [0.717, 1.165) is 12.0 Å². The molecular weight excluding hydrogens is 274 g/mol. The van der Waals surface area contributed by atoms with Crippen LogP contribution in [0.2, 0.25) is 0 Å². The monoisotopic (exact) mass is 289 g/mol. The largest absolute Gasteiger partial charge is 0.287 e. The Hall–Kier alpha value is -1.62. The predicted octanol–water partition coefficient (Wildman–Crippen LogP) is 3.39. The number of non-ortho nitro benzene ring substituents is 1. The van der Waals surface area contributed by atoms with Crippen LogP contribution < -0.4 is 0 Å². The Labute approximate surface area is 121 Å². The second kappa shape index (κ2) is 5.05. The molecule has 1 aromatic carbocycles. The maximum absolute atomic E-state index is 12.2. The summed E-state index contributed by atoms with van der Waals surface area (Å²) >= 11 is 1.29. The van der Waals surface area contributed by atoms with Crippen LogP contribution in [0.3, 0.4) is 0 Å². The van der Waals surface area contributed by atoms with Gasteiger partial charge in [0.2, 0.25) is 0 Å². The van der Waals surface area contributed by atoms with Crippen molar-refractivity contribution < 1.29 is 9.72 Å². The number of nitro groups is 1. The summed E-state index contributed by atoms with van der Waals surface area (Å²) in [5.74, 6) is 0.912. The molecule has 2 aliphatic rings. The topological polar surface area (TPSA) is 60.2 Å². The summed E-state index contributed by atoms with van der Waals surface area (Å²) in [7, 11) is 0. The van der Waals surface area contributed by atoms with E-state index in [-0.39, 0.29) is 22.6 Å². The number of nitrogens with zero attached hydrogens (tertiary/aromatic N) is 1. The average molecular weight is 289 g/mol. The lowest BCUT2D eigenvalue weighted by atomic mass is 9.79. The number of hydrogen-bond donors (Lipinski definition) is 0. The quantitative estimate of drug-likeness (QED) is 0.486. The van der Waals surface area contributed by atoms with Crippen molar-refractivity contribution in [3.63, 3.8) is 0 Å². The van der Waals surface area contributed by atoms with Crippen LogP contribution in [-0.4, -0.2) is 16.3 Å². The second-order valence-electron chi connectivity index (χ2n) is 5.37. The van der Waals surface area contributed by atoms with Gasteiger partial charge in [0.1, 0.15) is 0 Å². The van der Waals surface area contributed by atoms with Crippen LogP contribution in [0.1, 0.15) is 17.9 Å². The number of allylic oxidation sites excluding steroid dienone is 2. The third-order valence-corrected chi connectivity index (χ3v) is 5.10. The van der Waals surface area contributed by atoms with E-state index >= 15 is 0 Å². The second-order valence-corrected chi connectivity index (χ2v) is 6.18. The predicted molar refractivity (Wildman–Crippen MR) is 78.6 cm³/mol. The standard InChI is InChI=1S/C15H15NO3S/c1-20-15(17)14-11-3-2-10(8-11)13(14)9-4-6-12(7-5-9)16(18)19/h2-7,10-11,13-14H,8H2,1H3/t10-,11+,13+,14+/m1/s1. The maximum Gasteiger partial charge on any atom is 0.269 e. The Kier molecular flexibility index (Phi) is 3.38. The Morgan fingerprint density at radius 1 is 1.25 bits per heavy atom. The number of fused-ring (bicyclic) bond motifs is 2. The fraction of sp³-hybridized carbons (Fsp3) is 0.400. The van der Waals surface area contributed by atoms with Crippen molar-refractivity contribution in [2.24, 2.45) is 17.8 Å². The Bertz CT molecular complexity index is 581. The van der Waals surface area contributed by atoms with Gasteiger partial charge in [-0.1, -0.05) is 36.0 Å². The van der Waals surface area contributed by atoms with Crippen LogP contribution in [0.4, 0.5) is 5.69 Å². The first-order valence-electron chi connectivity index (χ1n) is 6.62. The SMILES string of the molecule is CSC(=O)[C@@H]1[C@@H](c2ccc([N+](=O)[O-])cc2)[C@@H]2C=C[C@H]1C2. The molecule has 3 rings (SSSR count). The van der Waals surface area contributed by atoms with E-state index in [4.69, 9.17) is 0 Å². The van der Waals surface area contributed by atoms with Gasteiger partial charge in [-0.15, -0.1) is 0 Å². The molecule has 0 amide bonds. The van der Waals surface area contributed by atoms with Crippen LogP contribution in [0.5, 0.6) is 0 Å². The van der Waals surface area contributed by atoms with Crippen LogP contribution in [0.15, 0.2) is 36.4 Å². The molecule has 4 atom stereocenters. The van der Waals surface area contributed by atoms with Gasteiger partial charge in [-0.2, -0.15) is 0 Å². The highest BCUT2D eigenvalue weighted by Gasteiger charge is 2.48. The number of nitro benzene ring substituents is 1. The molecule has 104 valence electrons. The first-order valence-corrected chi connectivity index (χ1v) is 7.85. The van der Waals surface area contributed by atoms with Gasteiger partial charge in [0.05, 0.1) is 4.92 Å². The molecule has 1 aromatic rings.